The molecule has 28 heavy (non-hydrogen) atoms. The first-order valence-electron chi connectivity index (χ1n) is 9.90. The third-order valence-electron chi connectivity index (χ3n) is 5.70. The van der Waals surface area contributed by atoms with Crippen LogP contribution in [0.5, 0.6) is 0 Å². The molecule has 6 heteroatoms. The average Bonchev–Trinajstić information content (AvgIpc) is 2.68. The van der Waals surface area contributed by atoms with E-state index in [2.05, 4.69) is 23.5 Å². The van der Waals surface area contributed by atoms with E-state index in [4.69, 9.17) is 0 Å². The second kappa shape index (κ2) is 7.66. The van der Waals surface area contributed by atoms with E-state index < -0.39 is 0 Å². The summed E-state index contributed by atoms with van der Waals surface area (Å²) in [6.45, 7) is 6.03. The van der Waals surface area contributed by atoms with Crippen LogP contribution in [0.1, 0.15) is 31.9 Å². The van der Waals surface area contributed by atoms with Crippen LogP contribution in [0, 0.1) is 5.92 Å². The third kappa shape index (κ3) is 3.58. The van der Waals surface area contributed by atoms with Crippen LogP contribution in [0.25, 0.3) is 11.1 Å². The van der Waals surface area contributed by atoms with Gasteiger partial charge in [-0.05, 0) is 62.3 Å². The van der Waals surface area contributed by atoms with Crippen molar-refractivity contribution in [1.82, 2.24) is 14.8 Å². The van der Waals surface area contributed by atoms with E-state index in [9.17, 15) is 9.59 Å². The van der Waals surface area contributed by atoms with Crippen molar-refractivity contribution in [3.05, 3.63) is 52.4 Å². The Morgan fingerprint density at radius 1 is 1.11 bits per heavy atom. The molecule has 2 aromatic rings. The number of piperidine rings is 1. The summed E-state index contributed by atoms with van der Waals surface area (Å²) in [6.07, 6.45) is 3.10. The van der Waals surface area contributed by atoms with Gasteiger partial charge in [0.1, 0.15) is 0 Å². The molecule has 0 radical (unpaired) electrons. The number of amides is 2. The molecule has 1 aromatic heterocycles. The Hall–Kier alpha value is -2.21. The quantitative estimate of drug-likeness (QED) is 0.802. The zero-order valence-corrected chi connectivity index (χ0v) is 17.5. The molecule has 2 unspecified atom stereocenters. The second-order valence-corrected chi connectivity index (χ2v) is 9.00. The van der Waals surface area contributed by atoms with Crippen LogP contribution in [0.15, 0.2) is 46.1 Å². The molecule has 0 saturated carbocycles. The van der Waals surface area contributed by atoms with Gasteiger partial charge in [0, 0.05) is 47.7 Å². The number of nitrogens with one attached hydrogen (secondary N) is 1. The SMILES string of the molecule is CSc1ccc(-c2ccc3n(c2=O)CC2CC3CN(C(=O)NC(C)C)C2)cc1. The lowest BCUT2D eigenvalue weighted by Gasteiger charge is -2.43. The van der Waals surface area contributed by atoms with Gasteiger partial charge in [-0.25, -0.2) is 4.79 Å². The van der Waals surface area contributed by atoms with Crippen LogP contribution in [-0.4, -0.2) is 40.9 Å². The van der Waals surface area contributed by atoms with E-state index in [0.29, 0.717) is 25.6 Å². The number of benzene rings is 1. The van der Waals surface area contributed by atoms with Gasteiger partial charge in [-0.3, -0.25) is 4.79 Å². The minimum absolute atomic E-state index is 0.00556. The van der Waals surface area contributed by atoms with E-state index in [-0.39, 0.29) is 23.6 Å². The van der Waals surface area contributed by atoms with Gasteiger partial charge >= 0.3 is 6.03 Å². The van der Waals surface area contributed by atoms with Crippen LogP contribution < -0.4 is 10.9 Å². The van der Waals surface area contributed by atoms with Crippen molar-refractivity contribution in [1.29, 1.82) is 0 Å². The number of hydrogen-bond donors (Lipinski definition) is 1. The molecule has 3 heterocycles. The second-order valence-electron chi connectivity index (χ2n) is 8.12. The van der Waals surface area contributed by atoms with E-state index in [1.807, 2.05) is 47.8 Å². The van der Waals surface area contributed by atoms with Gasteiger partial charge in [0.25, 0.3) is 5.56 Å². The molecular weight excluding hydrogens is 370 g/mol. The maximum atomic E-state index is 13.2. The number of hydrogen-bond acceptors (Lipinski definition) is 3. The van der Waals surface area contributed by atoms with Crippen LogP contribution in [-0.2, 0) is 6.54 Å². The lowest BCUT2D eigenvalue weighted by Crippen LogP contribution is -2.52. The Morgan fingerprint density at radius 3 is 2.54 bits per heavy atom. The Bertz CT molecular complexity index is 936. The van der Waals surface area contributed by atoms with Crippen LogP contribution in [0.3, 0.4) is 0 Å². The predicted octanol–water partition coefficient (Wildman–Crippen LogP) is 3.77. The van der Waals surface area contributed by atoms with E-state index in [1.165, 1.54) is 4.90 Å². The first-order chi connectivity index (χ1) is 13.5. The third-order valence-corrected chi connectivity index (χ3v) is 6.45. The molecule has 4 rings (SSSR count). The number of carbonyl (C=O) groups excluding carboxylic acids is 1. The Kier molecular flexibility index (Phi) is 5.23. The number of nitrogens with zero attached hydrogens (tertiary/aromatic N) is 2. The van der Waals surface area contributed by atoms with Gasteiger partial charge in [-0.15, -0.1) is 11.8 Å². The van der Waals surface area contributed by atoms with Crippen LogP contribution in [0.2, 0.25) is 0 Å². The fourth-order valence-electron chi connectivity index (χ4n) is 4.44. The van der Waals surface area contributed by atoms with Crippen LogP contribution in [0.4, 0.5) is 4.79 Å². The van der Waals surface area contributed by atoms with E-state index in [0.717, 1.165) is 23.2 Å². The smallest absolute Gasteiger partial charge is 0.317 e. The summed E-state index contributed by atoms with van der Waals surface area (Å²) >= 11 is 1.70. The average molecular weight is 398 g/mol. The molecule has 0 aliphatic carbocycles. The summed E-state index contributed by atoms with van der Waals surface area (Å²) in [5.74, 6) is 0.557. The van der Waals surface area contributed by atoms with Gasteiger partial charge in [0.2, 0.25) is 0 Å². The summed E-state index contributed by atoms with van der Waals surface area (Å²) in [5.41, 5.74) is 2.87. The molecule has 5 nitrogen and oxygen atoms in total. The Morgan fingerprint density at radius 2 is 1.86 bits per heavy atom. The van der Waals surface area contributed by atoms with Crippen molar-refractivity contribution >= 4 is 17.8 Å². The fourth-order valence-corrected chi connectivity index (χ4v) is 4.85. The van der Waals surface area contributed by atoms with Gasteiger partial charge in [0.05, 0.1) is 0 Å². The van der Waals surface area contributed by atoms with Crippen molar-refractivity contribution in [2.75, 3.05) is 19.3 Å². The minimum Gasteiger partial charge on any atom is -0.336 e. The molecular formula is C22H27N3O2S. The molecule has 0 spiro atoms. The maximum Gasteiger partial charge on any atom is 0.317 e. The molecule has 2 atom stereocenters. The highest BCUT2D eigenvalue weighted by molar-refractivity contribution is 7.98. The fraction of sp³-hybridized carbons (Fsp3) is 0.455. The molecule has 2 aliphatic heterocycles. The van der Waals surface area contributed by atoms with E-state index >= 15 is 0 Å². The van der Waals surface area contributed by atoms with Crippen molar-refractivity contribution in [2.24, 2.45) is 5.92 Å². The molecule has 148 valence electrons. The Balaban J connectivity index is 1.63. The first-order valence-corrected chi connectivity index (χ1v) is 11.1. The molecule has 1 fully saturated rings. The van der Waals surface area contributed by atoms with Crippen LogP contribution >= 0.6 is 11.8 Å². The number of thioether (sulfide) groups is 1. The number of carbonyl (C=O) groups is 1. The number of pyridine rings is 1. The highest BCUT2D eigenvalue weighted by Crippen LogP contribution is 2.36. The highest BCUT2D eigenvalue weighted by atomic mass is 32.2. The zero-order valence-electron chi connectivity index (χ0n) is 16.6. The van der Waals surface area contributed by atoms with Crippen molar-refractivity contribution < 1.29 is 4.79 Å². The summed E-state index contributed by atoms with van der Waals surface area (Å²) in [5, 5.41) is 2.99. The lowest BCUT2D eigenvalue weighted by atomic mass is 9.83. The standard InChI is InChI=1S/C22H27N3O2S/c1-14(2)23-22(27)24-11-15-10-17(13-24)20-9-8-19(21(26)25(20)12-15)16-4-6-18(28-3)7-5-16/h4-9,14-15,17H,10-13H2,1-3H3,(H,23,27). The molecule has 1 saturated heterocycles. The molecule has 1 aromatic carbocycles. The van der Waals surface area contributed by atoms with Gasteiger partial charge in [-0.2, -0.15) is 0 Å². The number of rotatable bonds is 3. The minimum atomic E-state index is 0.00556. The highest BCUT2D eigenvalue weighted by Gasteiger charge is 2.36. The number of fused-ring (bicyclic) bond motifs is 4. The number of aromatic nitrogens is 1. The lowest BCUT2D eigenvalue weighted by molar-refractivity contribution is 0.130. The molecule has 2 aliphatic rings. The number of likely N-dealkylation sites (tertiary alicyclic amines) is 1. The first kappa shape index (κ1) is 19.1. The maximum absolute atomic E-state index is 13.2. The molecule has 2 bridgehead atoms. The Labute approximate surface area is 170 Å². The normalized spacial score (nSPS) is 20.8. The summed E-state index contributed by atoms with van der Waals surface area (Å²) in [7, 11) is 0. The van der Waals surface area contributed by atoms with Gasteiger partial charge in [0.15, 0.2) is 0 Å². The summed E-state index contributed by atoms with van der Waals surface area (Å²) in [4.78, 5) is 28.8. The van der Waals surface area contributed by atoms with Gasteiger partial charge < -0.3 is 14.8 Å². The largest absolute Gasteiger partial charge is 0.336 e. The van der Waals surface area contributed by atoms with Crippen molar-refractivity contribution in [3.8, 4) is 11.1 Å². The summed E-state index contributed by atoms with van der Waals surface area (Å²) < 4.78 is 1.95. The van der Waals surface area contributed by atoms with Gasteiger partial charge in [-0.1, -0.05) is 12.1 Å². The van der Waals surface area contributed by atoms with Crippen molar-refractivity contribution in [3.63, 3.8) is 0 Å². The topological polar surface area (TPSA) is 54.3 Å². The monoisotopic (exact) mass is 397 g/mol. The predicted molar refractivity (Wildman–Crippen MR) is 114 cm³/mol. The molecule has 2 amide bonds. The summed E-state index contributed by atoms with van der Waals surface area (Å²) in [6, 6.07) is 12.3. The zero-order chi connectivity index (χ0) is 19.8. The van der Waals surface area contributed by atoms with E-state index in [1.54, 1.807) is 11.8 Å². The number of urea groups is 1. The molecule has 1 N–H and O–H groups in total. The van der Waals surface area contributed by atoms with Crippen molar-refractivity contribution in [2.45, 2.75) is 43.7 Å².